The van der Waals surface area contributed by atoms with E-state index < -0.39 is 17.5 Å². The summed E-state index contributed by atoms with van der Waals surface area (Å²) in [6, 6.07) is 8.93. The van der Waals surface area contributed by atoms with Crippen molar-refractivity contribution in [3.63, 3.8) is 0 Å². The van der Waals surface area contributed by atoms with Gasteiger partial charge in [-0.05, 0) is 50.3 Å². The average molecular weight is 461 g/mol. The van der Waals surface area contributed by atoms with Crippen molar-refractivity contribution in [2.45, 2.75) is 51.1 Å². The smallest absolute Gasteiger partial charge is 0.329 e. The van der Waals surface area contributed by atoms with Crippen LogP contribution in [0.2, 0.25) is 0 Å². The van der Waals surface area contributed by atoms with Gasteiger partial charge >= 0.3 is 12.0 Å². The number of halogens is 1. The van der Waals surface area contributed by atoms with E-state index in [2.05, 4.69) is 37.7 Å². The first kappa shape index (κ1) is 21.1. The van der Waals surface area contributed by atoms with E-state index in [1.54, 1.807) is 23.9 Å². The molecule has 8 heteroatoms. The summed E-state index contributed by atoms with van der Waals surface area (Å²) in [5, 5.41) is 19.3. The molecule has 3 N–H and O–H groups in total. The lowest BCUT2D eigenvalue weighted by molar-refractivity contribution is -0.143. The summed E-state index contributed by atoms with van der Waals surface area (Å²) < 4.78 is 2.64. The van der Waals surface area contributed by atoms with Crippen molar-refractivity contribution < 1.29 is 14.7 Å². The molecule has 0 saturated carbocycles. The van der Waals surface area contributed by atoms with Gasteiger partial charge in [-0.25, -0.2) is 14.3 Å². The third-order valence-corrected chi connectivity index (χ3v) is 5.56. The van der Waals surface area contributed by atoms with E-state index >= 15 is 0 Å². The van der Waals surface area contributed by atoms with Crippen LogP contribution < -0.4 is 10.6 Å². The fraction of sp³-hybridized carbons (Fsp3) is 0.381. The molecule has 0 saturated heterocycles. The Hall–Kier alpha value is -2.61. The quantitative estimate of drug-likeness (QED) is 0.528. The van der Waals surface area contributed by atoms with Crippen LogP contribution in [-0.4, -0.2) is 32.4 Å². The third kappa shape index (κ3) is 5.69. The SMILES string of the molecule is CC(CC1=CCCCC1)(NC(=O)Nc1ccnn1Cc1ccc(Br)cc1)C(=O)O. The van der Waals surface area contributed by atoms with Crippen LogP contribution in [0.25, 0.3) is 0 Å². The highest BCUT2D eigenvalue weighted by Gasteiger charge is 2.36. The number of carbonyl (C=O) groups excluding carboxylic acids is 1. The molecule has 1 unspecified atom stereocenters. The Kier molecular flexibility index (Phi) is 6.74. The Bertz CT molecular complexity index is 907. The number of urea groups is 1. The van der Waals surface area contributed by atoms with Gasteiger partial charge in [-0.3, -0.25) is 5.32 Å². The molecule has 154 valence electrons. The number of aromatic nitrogens is 2. The predicted octanol–water partition coefficient (Wildman–Crippen LogP) is 4.55. The van der Waals surface area contributed by atoms with Crippen LogP contribution in [0.4, 0.5) is 10.6 Å². The molecule has 0 spiro atoms. The number of rotatable bonds is 7. The third-order valence-electron chi connectivity index (χ3n) is 5.03. The van der Waals surface area contributed by atoms with Gasteiger partial charge in [-0.2, -0.15) is 5.10 Å². The molecule has 1 aliphatic carbocycles. The zero-order valence-corrected chi connectivity index (χ0v) is 17.9. The standard InChI is InChI=1S/C21H25BrN4O3/c1-21(19(27)28,13-15-5-3-2-4-6-15)25-20(29)24-18-11-12-23-26(18)14-16-7-9-17(22)10-8-16/h5,7-12H,2-4,6,13-14H2,1H3,(H,27,28)(H2,24,25,29). The van der Waals surface area contributed by atoms with E-state index in [9.17, 15) is 14.7 Å². The largest absolute Gasteiger partial charge is 0.480 e. The van der Waals surface area contributed by atoms with E-state index in [1.807, 2.05) is 24.3 Å². The van der Waals surface area contributed by atoms with Crippen molar-refractivity contribution in [1.29, 1.82) is 0 Å². The highest BCUT2D eigenvalue weighted by atomic mass is 79.9. The Labute approximate surface area is 178 Å². The molecule has 1 atom stereocenters. The fourth-order valence-corrected chi connectivity index (χ4v) is 3.68. The fourth-order valence-electron chi connectivity index (χ4n) is 3.42. The minimum Gasteiger partial charge on any atom is -0.480 e. The number of allylic oxidation sites excluding steroid dienone is 1. The number of carbonyl (C=O) groups is 2. The van der Waals surface area contributed by atoms with Crippen molar-refractivity contribution in [2.75, 3.05) is 5.32 Å². The Morgan fingerprint density at radius 2 is 2.00 bits per heavy atom. The molecule has 1 aromatic heterocycles. The first-order valence-corrected chi connectivity index (χ1v) is 10.4. The lowest BCUT2D eigenvalue weighted by Gasteiger charge is -2.28. The summed E-state index contributed by atoms with van der Waals surface area (Å²) in [4.78, 5) is 24.4. The number of carboxylic acids is 1. The van der Waals surface area contributed by atoms with Gasteiger partial charge in [0.15, 0.2) is 0 Å². The van der Waals surface area contributed by atoms with Gasteiger partial charge in [-0.1, -0.05) is 39.7 Å². The molecule has 0 radical (unpaired) electrons. The number of amides is 2. The topological polar surface area (TPSA) is 96.3 Å². The minimum atomic E-state index is -1.37. The molecule has 3 rings (SSSR count). The number of nitrogens with zero attached hydrogens (tertiary/aromatic N) is 2. The highest BCUT2D eigenvalue weighted by molar-refractivity contribution is 9.10. The molecular weight excluding hydrogens is 436 g/mol. The number of nitrogens with one attached hydrogen (secondary N) is 2. The van der Waals surface area contributed by atoms with Gasteiger partial charge < -0.3 is 10.4 Å². The summed E-state index contributed by atoms with van der Waals surface area (Å²) >= 11 is 3.41. The Balaban J connectivity index is 1.66. The predicted molar refractivity (Wildman–Crippen MR) is 115 cm³/mol. The summed E-state index contributed by atoms with van der Waals surface area (Å²) in [6.45, 7) is 2.03. The van der Waals surface area contributed by atoms with Gasteiger partial charge in [0, 0.05) is 17.0 Å². The second kappa shape index (κ2) is 9.26. The van der Waals surface area contributed by atoms with Gasteiger partial charge in [0.25, 0.3) is 0 Å². The van der Waals surface area contributed by atoms with E-state index in [-0.39, 0.29) is 0 Å². The van der Waals surface area contributed by atoms with E-state index in [0.717, 1.165) is 41.3 Å². The summed E-state index contributed by atoms with van der Waals surface area (Å²) in [7, 11) is 0. The highest BCUT2D eigenvalue weighted by Crippen LogP contribution is 2.26. The number of carboxylic acid groups (broad SMARTS) is 1. The molecule has 1 heterocycles. The molecule has 1 aliphatic rings. The zero-order chi connectivity index (χ0) is 20.9. The van der Waals surface area contributed by atoms with Crippen LogP contribution in [0.15, 0.2) is 52.7 Å². The van der Waals surface area contributed by atoms with Crippen LogP contribution in [0.1, 0.15) is 44.6 Å². The maximum absolute atomic E-state index is 12.6. The Morgan fingerprint density at radius 1 is 1.24 bits per heavy atom. The van der Waals surface area contributed by atoms with E-state index in [1.165, 1.54) is 0 Å². The Morgan fingerprint density at radius 3 is 2.66 bits per heavy atom. The molecule has 29 heavy (non-hydrogen) atoms. The molecule has 2 amide bonds. The first-order chi connectivity index (χ1) is 13.9. The second-order valence-corrected chi connectivity index (χ2v) is 8.42. The van der Waals surface area contributed by atoms with E-state index in [4.69, 9.17) is 0 Å². The van der Waals surface area contributed by atoms with Crippen LogP contribution in [0, 0.1) is 0 Å². The number of anilines is 1. The van der Waals surface area contributed by atoms with Gasteiger partial charge in [0.05, 0.1) is 12.7 Å². The van der Waals surface area contributed by atoms with Gasteiger partial charge in [0.2, 0.25) is 0 Å². The minimum absolute atomic E-state index is 0.300. The van der Waals surface area contributed by atoms with Crippen molar-refractivity contribution in [3.8, 4) is 0 Å². The number of aliphatic carboxylic acids is 1. The molecule has 0 fully saturated rings. The lowest BCUT2D eigenvalue weighted by atomic mass is 9.87. The summed E-state index contributed by atoms with van der Waals surface area (Å²) in [6.07, 6.45) is 8.02. The molecule has 2 aromatic rings. The normalized spacial score (nSPS) is 15.9. The maximum atomic E-state index is 12.6. The second-order valence-electron chi connectivity index (χ2n) is 7.50. The van der Waals surface area contributed by atoms with Gasteiger partial charge in [-0.15, -0.1) is 0 Å². The monoisotopic (exact) mass is 460 g/mol. The van der Waals surface area contributed by atoms with Crippen molar-refractivity contribution >= 4 is 33.7 Å². The van der Waals surface area contributed by atoms with Crippen LogP contribution in [0.5, 0.6) is 0 Å². The molecular formula is C21H25BrN4O3. The summed E-state index contributed by atoms with van der Waals surface area (Å²) in [5.74, 6) is -0.558. The molecule has 0 aliphatic heterocycles. The average Bonchev–Trinajstić information content (AvgIpc) is 3.10. The van der Waals surface area contributed by atoms with E-state index in [0.29, 0.717) is 18.8 Å². The van der Waals surface area contributed by atoms with Gasteiger partial charge in [0.1, 0.15) is 11.4 Å². The van der Waals surface area contributed by atoms with Crippen molar-refractivity contribution in [3.05, 3.63) is 58.2 Å². The van der Waals surface area contributed by atoms with Crippen LogP contribution in [0.3, 0.4) is 0 Å². The van der Waals surface area contributed by atoms with Crippen LogP contribution >= 0.6 is 15.9 Å². The zero-order valence-electron chi connectivity index (χ0n) is 16.3. The molecule has 0 bridgehead atoms. The van der Waals surface area contributed by atoms with Crippen molar-refractivity contribution in [1.82, 2.24) is 15.1 Å². The number of benzene rings is 1. The lowest BCUT2D eigenvalue weighted by Crippen LogP contribution is -2.54. The summed E-state index contributed by atoms with van der Waals surface area (Å²) in [5.41, 5.74) is 0.741. The molecule has 7 nitrogen and oxygen atoms in total. The van der Waals surface area contributed by atoms with Crippen LogP contribution in [-0.2, 0) is 11.3 Å². The number of hydrogen-bond donors (Lipinski definition) is 3. The number of hydrogen-bond acceptors (Lipinski definition) is 3. The maximum Gasteiger partial charge on any atom is 0.329 e. The first-order valence-electron chi connectivity index (χ1n) is 9.62. The molecule has 1 aromatic carbocycles. The van der Waals surface area contributed by atoms with Crippen molar-refractivity contribution in [2.24, 2.45) is 0 Å².